The molecule has 3 aromatic heterocycles. The number of hydrogen-bond donors (Lipinski definition) is 0. The summed E-state index contributed by atoms with van der Waals surface area (Å²) in [6.45, 7) is 0.871. The number of furan rings is 1. The minimum atomic E-state index is 0.871. The van der Waals surface area contributed by atoms with Crippen molar-refractivity contribution in [2.75, 3.05) is 0 Å². The second kappa shape index (κ2) is 3.28. The molecule has 0 saturated heterocycles. The number of benzene rings is 1. The largest absolute Gasteiger partial charge is 0.419 e. The topological polar surface area (TPSA) is 34.8 Å². The Morgan fingerprint density at radius 3 is 3.10 bits per heavy atom. The third kappa shape index (κ3) is 1.04. The van der Waals surface area contributed by atoms with Gasteiger partial charge in [-0.2, -0.15) is 4.57 Å². The molecule has 4 heterocycles. The lowest BCUT2D eigenvalue weighted by molar-refractivity contribution is -0.652. The molecule has 4 aromatic rings. The summed E-state index contributed by atoms with van der Waals surface area (Å²) in [7, 11) is 2.10. The Kier molecular flexibility index (Phi) is 1.67. The summed E-state index contributed by atoms with van der Waals surface area (Å²) in [4.78, 5) is 4.22. The van der Waals surface area contributed by atoms with Crippen molar-refractivity contribution in [2.45, 2.75) is 6.54 Å². The standard InChI is InChI=1S/C16H12N3O/c1-18-14-12-8-17-7-6-13(12)20-16(14)19-9-10-4-2-3-5-11(10)15(18)19/h2-8H,9H2,1H3/q+1. The average Bonchev–Trinajstić information content (AvgIpc) is 3.10. The molecule has 0 spiro atoms. The lowest BCUT2D eigenvalue weighted by atomic mass is 10.1. The van der Waals surface area contributed by atoms with Gasteiger partial charge in [0.05, 0.1) is 18.0 Å². The molecule has 96 valence electrons. The first-order valence-electron chi connectivity index (χ1n) is 6.67. The van der Waals surface area contributed by atoms with Crippen LogP contribution in [-0.2, 0) is 13.6 Å². The molecule has 0 saturated carbocycles. The lowest BCUT2D eigenvalue weighted by Crippen LogP contribution is -2.31. The number of pyridine rings is 1. The smallest absolute Gasteiger partial charge is 0.339 e. The van der Waals surface area contributed by atoms with Gasteiger partial charge in [-0.25, -0.2) is 4.57 Å². The average molecular weight is 262 g/mol. The van der Waals surface area contributed by atoms with Crippen LogP contribution in [0.1, 0.15) is 5.56 Å². The Bertz CT molecular complexity index is 994. The summed E-state index contributed by atoms with van der Waals surface area (Å²) in [5.41, 5.74) is 5.59. The summed E-state index contributed by atoms with van der Waals surface area (Å²) in [5.74, 6) is 1.21. The highest BCUT2D eigenvalue weighted by Gasteiger charge is 2.35. The number of nitrogens with zero attached hydrogens (tertiary/aromatic N) is 3. The van der Waals surface area contributed by atoms with Gasteiger partial charge < -0.3 is 4.42 Å². The molecule has 0 N–H and O–H groups in total. The molecule has 0 radical (unpaired) electrons. The highest BCUT2D eigenvalue weighted by atomic mass is 16.3. The minimum absolute atomic E-state index is 0.871. The van der Waals surface area contributed by atoms with E-state index in [4.69, 9.17) is 4.42 Å². The van der Waals surface area contributed by atoms with Crippen LogP contribution in [0.3, 0.4) is 0 Å². The Balaban J connectivity index is 1.98. The zero-order valence-corrected chi connectivity index (χ0v) is 11.0. The van der Waals surface area contributed by atoms with Crippen LogP contribution in [0.2, 0.25) is 0 Å². The van der Waals surface area contributed by atoms with E-state index in [-0.39, 0.29) is 0 Å². The van der Waals surface area contributed by atoms with Gasteiger partial charge >= 0.3 is 5.71 Å². The third-order valence-electron chi connectivity index (χ3n) is 4.19. The number of rotatable bonds is 0. The van der Waals surface area contributed by atoms with E-state index in [9.17, 15) is 0 Å². The van der Waals surface area contributed by atoms with Crippen molar-refractivity contribution < 1.29 is 8.98 Å². The summed E-state index contributed by atoms with van der Waals surface area (Å²) in [5, 5.41) is 1.07. The van der Waals surface area contributed by atoms with Gasteiger partial charge in [0.15, 0.2) is 0 Å². The fourth-order valence-electron chi connectivity index (χ4n) is 3.33. The van der Waals surface area contributed by atoms with Gasteiger partial charge in [0.1, 0.15) is 12.1 Å². The Hall–Kier alpha value is -2.62. The van der Waals surface area contributed by atoms with Crippen molar-refractivity contribution in [3.8, 4) is 11.4 Å². The maximum atomic E-state index is 6.05. The van der Waals surface area contributed by atoms with Crippen LogP contribution in [0, 0.1) is 0 Å². The molecule has 0 amide bonds. The van der Waals surface area contributed by atoms with Crippen LogP contribution in [0.15, 0.2) is 47.1 Å². The Morgan fingerprint density at radius 2 is 2.15 bits per heavy atom. The van der Waals surface area contributed by atoms with Gasteiger partial charge in [0.2, 0.25) is 5.52 Å². The predicted octanol–water partition coefficient (Wildman–Crippen LogP) is 2.64. The van der Waals surface area contributed by atoms with E-state index in [2.05, 4.69) is 45.4 Å². The summed E-state index contributed by atoms with van der Waals surface area (Å²) in [6, 6.07) is 10.4. The zero-order valence-electron chi connectivity index (χ0n) is 11.0. The second-order valence-corrected chi connectivity index (χ2v) is 5.25. The van der Waals surface area contributed by atoms with Crippen molar-refractivity contribution in [2.24, 2.45) is 7.05 Å². The molecule has 5 rings (SSSR count). The fourth-order valence-corrected chi connectivity index (χ4v) is 3.33. The van der Waals surface area contributed by atoms with E-state index in [0.29, 0.717) is 0 Å². The quantitative estimate of drug-likeness (QED) is 0.402. The minimum Gasteiger partial charge on any atom is -0.419 e. The summed E-state index contributed by atoms with van der Waals surface area (Å²) >= 11 is 0. The first-order chi connectivity index (χ1) is 9.84. The highest BCUT2D eigenvalue weighted by Crippen LogP contribution is 2.34. The van der Waals surface area contributed by atoms with Crippen molar-refractivity contribution in [3.05, 3.63) is 48.3 Å². The van der Waals surface area contributed by atoms with Gasteiger partial charge in [0, 0.05) is 24.0 Å². The molecule has 0 bridgehead atoms. The molecule has 0 fully saturated rings. The Morgan fingerprint density at radius 1 is 1.25 bits per heavy atom. The molecule has 0 aliphatic carbocycles. The number of aromatic nitrogens is 3. The van der Waals surface area contributed by atoms with E-state index in [1.54, 1.807) is 6.20 Å². The normalized spacial score (nSPS) is 13.1. The van der Waals surface area contributed by atoms with E-state index in [1.165, 1.54) is 17.0 Å². The number of aryl methyl sites for hydroxylation is 1. The van der Waals surface area contributed by atoms with E-state index < -0.39 is 0 Å². The second-order valence-electron chi connectivity index (χ2n) is 5.25. The molecular formula is C16H12N3O+. The lowest BCUT2D eigenvalue weighted by Gasteiger charge is -1.94. The van der Waals surface area contributed by atoms with Crippen LogP contribution in [0.5, 0.6) is 0 Å². The van der Waals surface area contributed by atoms with Gasteiger partial charge in [-0.15, -0.1) is 0 Å². The first-order valence-corrected chi connectivity index (χ1v) is 6.67. The van der Waals surface area contributed by atoms with Gasteiger partial charge in [0.25, 0.3) is 5.82 Å². The monoisotopic (exact) mass is 262 g/mol. The molecule has 1 aromatic carbocycles. The van der Waals surface area contributed by atoms with E-state index >= 15 is 0 Å². The summed E-state index contributed by atoms with van der Waals surface area (Å²) < 4.78 is 10.5. The van der Waals surface area contributed by atoms with Crippen LogP contribution in [0.4, 0.5) is 0 Å². The maximum absolute atomic E-state index is 6.05. The zero-order chi connectivity index (χ0) is 13.3. The van der Waals surface area contributed by atoms with E-state index in [1.807, 2.05) is 12.3 Å². The van der Waals surface area contributed by atoms with Crippen LogP contribution >= 0.6 is 0 Å². The molecule has 1 aliphatic rings. The molecule has 0 unspecified atom stereocenters. The van der Waals surface area contributed by atoms with Gasteiger partial charge in [-0.05, 0) is 6.07 Å². The predicted molar refractivity (Wildman–Crippen MR) is 75.2 cm³/mol. The molecular weight excluding hydrogens is 250 g/mol. The molecule has 0 atom stereocenters. The number of imidazole rings is 1. The molecule has 1 aliphatic heterocycles. The molecule has 4 nitrogen and oxygen atoms in total. The van der Waals surface area contributed by atoms with Crippen LogP contribution < -0.4 is 4.57 Å². The summed E-state index contributed by atoms with van der Waals surface area (Å²) in [6.07, 6.45) is 3.65. The van der Waals surface area contributed by atoms with Gasteiger partial charge in [-0.3, -0.25) is 4.98 Å². The van der Waals surface area contributed by atoms with Crippen molar-refractivity contribution in [1.29, 1.82) is 0 Å². The first kappa shape index (κ1) is 10.2. The van der Waals surface area contributed by atoms with Crippen molar-refractivity contribution >= 4 is 22.2 Å². The van der Waals surface area contributed by atoms with Gasteiger partial charge in [-0.1, -0.05) is 18.2 Å². The molecule has 4 heteroatoms. The fraction of sp³-hybridized carbons (Fsp3) is 0.125. The van der Waals surface area contributed by atoms with Crippen molar-refractivity contribution in [1.82, 2.24) is 9.55 Å². The SMILES string of the molecule is Cn1c2[n+](c3oc4ccncc4c31)Cc1ccccc1-2. The molecule has 20 heavy (non-hydrogen) atoms. The maximum Gasteiger partial charge on any atom is 0.339 e. The van der Waals surface area contributed by atoms with Crippen molar-refractivity contribution in [3.63, 3.8) is 0 Å². The highest BCUT2D eigenvalue weighted by molar-refractivity contribution is 6.01. The third-order valence-corrected chi connectivity index (χ3v) is 4.19. The van der Waals surface area contributed by atoms with Crippen LogP contribution in [-0.4, -0.2) is 9.55 Å². The number of fused-ring (bicyclic) bond motifs is 7. The number of hydrogen-bond acceptors (Lipinski definition) is 2. The Labute approximate surface area is 114 Å². The van der Waals surface area contributed by atoms with E-state index in [0.717, 1.165) is 28.7 Å². The van der Waals surface area contributed by atoms with Crippen LogP contribution in [0.25, 0.3) is 33.6 Å².